The second-order valence-corrected chi connectivity index (χ2v) is 6.40. The van der Waals surface area contributed by atoms with Gasteiger partial charge in [0, 0.05) is 12.6 Å². The van der Waals surface area contributed by atoms with Gasteiger partial charge in [0.2, 0.25) is 0 Å². The van der Waals surface area contributed by atoms with Crippen LogP contribution < -0.4 is 5.32 Å². The standard InChI is InChI=1S/C13H21NO3S/c1-3-14-12(8-9-15)10-18(16,17)13-6-4-11(2)5-7-13/h4-7,12,14-15H,3,8-10H2,1-2H3. The van der Waals surface area contributed by atoms with Crippen LogP contribution in [0, 0.1) is 6.92 Å². The van der Waals surface area contributed by atoms with E-state index in [1.165, 1.54) is 0 Å². The van der Waals surface area contributed by atoms with E-state index in [9.17, 15) is 8.42 Å². The van der Waals surface area contributed by atoms with Crippen LogP contribution in [0.25, 0.3) is 0 Å². The molecule has 18 heavy (non-hydrogen) atoms. The zero-order valence-electron chi connectivity index (χ0n) is 10.9. The van der Waals surface area contributed by atoms with Crippen LogP contribution in [-0.2, 0) is 9.84 Å². The van der Waals surface area contributed by atoms with Crippen molar-refractivity contribution in [2.75, 3.05) is 18.9 Å². The van der Waals surface area contributed by atoms with E-state index in [1.54, 1.807) is 24.3 Å². The van der Waals surface area contributed by atoms with E-state index in [0.717, 1.165) is 5.56 Å². The van der Waals surface area contributed by atoms with Crippen molar-refractivity contribution in [3.63, 3.8) is 0 Å². The van der Waals surface area contributed by atoms with Gasteiger partial charge in [0.1, 0.15) is 0 Å². The molecule has 0 aliphatic carbocycles. The van der Waals surface area contributed by atoms with Gasteiger partial charge in [-0.25, -0.2) is 8.42 Å². The van der Waals surface area contributed by atoms with E-state index in [2.05, 4.69) is 5.32 Å². The Bertz CT molecular complexity index is 448. The fourth-order valence-electron chi connectivity index (χ4n) is 1.80. The summed E-state index contributed by atoms with van der Waals surface area (Å²) < 4.78 is 24.4. The summed E-state index contributed by atoms with van der Waals surface area (Å²) >= 11 is 0. The number of aliphatic hydroxyl groups is 1. The predicted molar refractivity (Wildman–Crippen MR) is 72.4 cm³/mol. The Labute approximate surface area is 109 Å². The fourth-order valence-corrected chi connectivity index (χ4v) is 3.35. The Kier molecular flexibility index (Phi) is 5.78. The highest BCUT2D eigenvalue weighted by Crippen LogP contribution is 2.14. The van der Waals surface area contributed by atoms with E-state index in [1.807, 2.05) is 13.8 Å². The van der Waals surface area contributed by atoms with Crippen molar-refractivity contribution in [3.8, 4) is 0 Å². The summed E-state index contributed by atoms with van der Waals surface area (Å²) in [5.74, 6) is 0.0183. The number of aryl methyl sites for hydroxylation is 1. The van der Waals surface area contributed by atoms with Gasteiger partial charge in [-0.3, -0.25) is 0 Å². The Morgan fingerprint density at radius 3 is 2.39 bits per heavy atom. The largest absolute Gasteiger partial charge is 0.396 e. The number of rotatable bonds is 7. The molecule has 1 unspecified atom stereocenters. The first-order valence-electron chi connectivity index (χ1n) is 6.13. The Hall–Kier alpha value is -0.910. The van der Waals surface area contributed by atoms with Gasteiger partial charge >= 0.3 is 0 Å². The quantitative estimate of drug-likeness (QED) is 0.780. The van der Waals surface area contributed by atoms with Crippen LogP contribution in [0.1, 0.15) is 18.9 Å². The zero-order chi connectivity index (χ0) is 13.6. The Morgan fingerprint density at radius 1 is 1.28 bits per heavy atom. The van der Waals surface area contributed by atoms with Crippen LogP contribution in [0.15, 0.2) is 29.2 Å². The molecule has 4 nitrogen and oxygen atoms in total. The van der Waals surface area contributed by atoms with Gasteiger partial charge in [0.05, 0.1) is 10.6 Å². The number of sulfone groups is 1. The lowest BCUT2D eigenvalue weighted by atomic mass is 10.2. The fraction of sp³-hybridized carbons (Fsp3) is 0.538. The second-order valence-electron chi connectivity index (χ2n) is 4.36. The molecular formula is C13H21NO3S. The summed E-state index contributed by atoms with van der Waals surface area (Å²) in [6, 6.07) is 6.65. The van der Waals surface area contributed by atoms with Crippen LogP contribution in [0.4, 0.5) is 0 Å². The van der Waals surface area contributed by atoms with Gasteiger partial charge in [-0.15, -0.1) is 0 Å². The van der Waals surface area contributed by atoms with Crippen LogP contribution in [0.2, 0.25) is 0 Å². The monoisotopic (exact) mass is 271 g/mol. The molecule has 0 radical (unpaired) electrons. The molecule has 0 aliphatic rings. The highest BCUT2D eigenvalue weighted by molar-refractivity contribution is 7.91. The first-order valence-corrected chi connectivity index (χ1v) is 7.78. The normalized spacial score (nSPS) is 13.5. The lowest BCUT2D eigenvalue weighted by molar-refractivity contribution is 0.270. The van der Waals surface area contributed by atoms with E-state index in [0.29, 0.717) is 17.9 Å². The number of hydrogen-bond acceptors (Lipinski definition) is 4. The first kappa shape index (κ1) is 15.1. The number of benzene rings is 1. The average molecular weight is 271 g/mol. The molecular weight excluding hydrogens is 250 g/mol. The summed E-state index contributed by atoms with van der Waals surface area (Å²) in [5.41, 5.74) is 1.03. The summed E-state index contributed by atoms with van der Waals surface area (Å²) in [6.45, 7) is 4.52. The molecule has 0 fully saturated rings. The van der Waals surface area contributed by atoms with Gasteiger partial charge < -0.3 is 10.4 Å². The van der Waals surface area contributed by atoms with Gasteiger partial charge in [0.15, 0.2) is 9.84 Å². The molecule has 1 rings (SSSR count). The van der Waals surface area contributed by atoms with E-state index in [-0.39, 0.29) is 18.4 Å². The SMILES string of the molecule is CCNC(CCO)CS(=O)(=O)c1ccc(C)cc1. The third-order valence-corrected chi connectivity index (χ3v) is 4.60. The van der Waals surface area contributed by atoms with Crippen LogP contribution >= 0.6 is 0 Å². The zero-order valence-corrected chi connectivity index (χ0v) is 11.7. The molecule has 1 aromatic rings. The molecule has 102 valence electrons. The minimum Gasteiger partial charge on any atom is -0.396 e. The highest BCUT2D eigenvalue weighted by atomic mass is 32.2. The minimum absolute atomic E-state index is 0.0128. The predicted octanol–water partition coefficient (Wildman–Crippen LogP) is 1.13. The minimum atomic E-state index is -3.29. The van der Waals surface area contributed by atoms with Gasteiger partial charge in [-0.2, -0.15) is 0 Å². The number of aliphatic hydroxyl groups excluding tert-OH is 1. The third kappa shape index (κ3) is 4.40. The van der Waals surface area contributed by atoms with Gasteiger partial charge in [0.25, 0.3) is 0 Å². The number of nitrogens with one attached hydrogen (secondary N) is 1. The molecule has 0 spiro atoms. The second kappa shape index (κ2) is 6.87. The van der Waals surface area contributed by atoms with E-state index in [4.69, 9.17) is 5.11 Å². The summed E-state index contributed by atoms with van der Waals surface area (Å²) in [5, 5.41) is 12.0. The van der Waals surface area contributed by atoms with Crippen molar-refractivity contribution in [1.29, 1.82) is 0 Å². The van der Waals surface area contributed by atoms with E-state index < -0.39 is 9.84 Å². The highest BCUT2D eigenvalue weighted by Gasteiger charge is 2.20. The lowest BCUT2D eigenvalue weighted by Crippen LogP contribution is -2.36. The van der Waals surface area contributed by atoms with Crippen molar-refractivity contribution in [2.24, 2.45) is 0 Å². The van der Waals surface area contributed by atoms with Crippen LogP contribution in [0.3, 0.4) is 0 Å². The van der Waals surface area contributed by atoms with Crippen molar-refractivity contribution < 1.29 is 13.5 Å². The topological polar surface area (TPSA) is 66.4 Å². The summed E-state index contributed by atoms with van der Waals surface area (Å²) in [6.07, 6.45) is 0.443. The van der Waals surface area contributed by atoms with Gasteiger partial charge in [-0.05, 0) is 32.0 Å². The average Bonchev–Trinajstić information content (AvgIpc) is 2.29. The molecule has 2 N–H and O–H groups in total. The lowest BCUT2D eigenvalue weighted by Gasteiger charge is -2.16. The molecule has 0 heterocycles. The van der Waals surface area contributed by atoms with Crippen LogP contribution in [-0.4, -0.2) is 38.5 Å². The maximum atomic E-state index is 12.2. The van der Waals surface area contributed by atoms with E-state index >= 15 is 0 Å². The third-order valence-electron chi connectivity index (χ3n) is 2.77. The van der Waals surface area contributed by atoms with Crippen molar-refractivity contribution >= 4 is 9.84 Å². The molecule has 0 aromatic heterocycles. The summed E-state index contributed by atoms with van der Waals surface area (Å²) in [4.78, 5) is 0.342. The molecule has 1 atom stereocenters. The Balaban J connectivity index is 2.82. The molecule has 0 bridgehead atoms. The summed E-state index contributed by atoms with van der Waals surface area (Å²) in [7, 11) is -3.29. The molecule has 0 saturated carbocycles. The number of hydrogen-bond donors (Lipinski definition) is 2. The Morgan fingerprint density at radius 2 is 1.89 bits per heavy atom. The first-order chi connectivity index (χ1) is 8.49. The smallest absolute Gasteiger partial charge is 0.179 e. The van der Waals surface area contributed by atoms with Crippen molar-refractivity contribution in [3.05, 3.63) is 29.8 Å². The molecule has 0 aliphatic heterocycles. The molecule has 5 heteroatoms. The maximum absolute atomic E-state index is 12.2. The van der Waals surface area contributed by atoms with Crippen molar-refractivity contribution in [2.45, 2.75) is 31.2 Å². The maximum Gasteiger partial charge on any atom is 0.179 e. The molecule has 0 amide bonds. The molecule has 0 saturated heterocycles. The van der Waals surface area contributed by atoms with Crippen LogP contribution in [0.5, 0.6) is 0 Å². The van der Waals surface area contributed by atoms with Gasteiger partial charge in [-0.1, -0.05) is 24.6 Å². The molecule has 1 aromatic carbocycles. The van der Waals surface area contributed by atoms with Crippen molar-refractivity contribution in [1.82, 2.24) is 5.32 Å².